The van der Waals surface area contributed by atoms with Gasteiger partial charge in [0.05, 0.1) is 31.5 Å². The summed E-state index contributed by atoms with van der Waals surface area (Å²) in [5, 5.41) is -0.237. The Morgan fingerprint density at radius 1 is 1.17 bits per heavy atom. The van der Waals surface area contributed by atoms with Gasteiger partial charge < -0.3 is 13.9 Å². The number of benzene rings is 1. The standard InChI is InChI=1S/C17H18O5S/c1-20-13-7-5-12(6-8-13)14(18)10-16(15-4-3-9-22-15)23-11-17(19)21-2/h3-9,16H,10-11H2,1-2H3. The molecule has 0 bridgehead atoms. The van der Waals surface area contributed by atoms with Crippen LogP contribution in [0.5, 0.6) is 5.75 Å². The number of Topliss-reactive ketones (excluding diaryl/α,β-unsaturated/α-hetero) is 1. The lowest BCUT2D eigenvalue weighted by Crippen LogP contribution is -2.09. The van der Waals surface area contributed by atoms with E-state index in [9.17, 15) is 9.59 Å². The van der Waals surface area contributed by atoms with Crippen molar-refractivity contribution in [3.63, 3.8) is 0 Å². The van der Waals surface area contributed by atoms with Gasteiger partial charge in [-0.25, -0.2) is 0 Å². The molecule has 1 heterocycles. The van der Waals surface area contributed by atoms with Crippen LogP contribution in [0.25, 0.3) is 0 Å². The Morgan fingerprint density at radius 3 is 2.48 bits per heavy atom. The largest absolute Gasteiger partial charge is 0.497 e. The monoisotopic (exact) mass is 334 g/mol. The Kier molecular flexibility index (Phi) is 6.29. The zero-order valence-corrected chi connectivity index (χ0v) is 13.8. The van der Waals surface area contributed by atoms with Crippen molar-refractivity contribution in [2.45, 2.75) is 11.7 Å². The summed E-state index contributed by atoms with van der Waals surface area (Å²) in [5.41, 5.74) is 0.598. The minimum absolute atomic E-state index is 0.0218. The summed E-state index contributed by atoms with van der Waals surface area (Å²) >= 11 is 1.33. The maximum Gasteiger partial charge on any atom is 0.315 e. The first kappa shape index (κ1) is 17.1. The first-order valence-electron chi connectivity index (χ1n) is 7.03. The van der Waals surface area contributed by atoms with Gasteiger partial charge >= 0.3 is 5.97 Å². The fraction of sp³-hybridized carbons (Fsp3) is 0.294. The summed E-state index contributed by atoms with van der Waals surface area (Å²) in [4.78, 5) is 23.8. The van der Waals surface area contributed by atoms with Gasteiger partial charge in [0.25, 0.3) is 0 Å². The molecule has 23 heavy (non-hydrogen) atoms. The van der Waals surface area contributed by atoms with E-state index in [1.807, 2.05) is 0 Å². The Morgan fingerprint density at radius 2 is 1.91 bits per heavy atom. The van der Waals surface area contributed by atoms with Gasteiger partial charge in [0.1, 0.15) is 11.5 Å². The Hall–Kier alpha value is -2.21. The van der Waals surface area contributed by atoms with E-state index in [4.69, 9.17) is 9.15 Å². The second kappa shape index (κ2) is 8.43. The number of hydrogen-bond donors (Lipinski definition) is 0. The zero-order valence-electron chi connectivity index (χ0n) is 13.0. The highest BCUT2D eigenvalue weighted by atomic mass is 32.2. The molecule has 0 saturated heterocycles. The lowest BCUT2D eigenvalue weighted by molar-refractivity contribution is -0.137. The van der Waals surface area contributed by atoms with Crippen LogP contribution in [0.1, 0.15) is 27.8 Å². The molecule has 1 unspecified atom stereocenters. The fourth-order valence-corrected chi connectivity index (χ4v) is 3.03. The van der Waals surface area contributed by atoms with E-state index >= 15 is 0 Å². The maximum atomic E-state index is 12.5. The Bertz CT molecular complexity index is 634. The average Bonchev–Trinajstić information content (AvgIpc) is 3.12. The van der Waals surface area contributed by atoms with Gasteiger partial charge in [-0.3, -0.25) is 9.59 Å². The number of carbonyl (C=O) groups excluding carboxylic acids is 2. The quantitative estimate of drug-likeness (QED) is 0.544. The lowest BCUT2D eigenvalue weighted by atomic mass is 10.1. The van der Waals surface area contributed by atoms with Crippen LogP contribution in [0, 0.1) is 0 Å². The summed E-state index contributed by atoms with van der Waals surface area (Å²) in [6.07, 6.45) is 1.79. The molecule has 1 aromatic heterocycles. The van der Waals surface area contributed by atoms with E-state index in [1.165, 1.54) is 18.9 Å². The van der Waals surface area contributed by atoms with E-state index in [1.54, 1.807) is 49.8 Å². The second-order valence-corrected chi connectivity index (χ2v) is 5.94. The minimum Gasteiger partial charge on any atom is -0.497 e. The molecule has 1 atom stereocenters. The van der Waals surface area contributed by atoms with E-state index in [-0.39, 0.29) is 29.2 Å². The van der Waals surface area contributed by atoms with Crippen molar-refractivity contribution in [1.82, 2.24) is 0 Å². The Labute approximate surface area is 139 Å². The van der Waals surface area contributed by atoms with E-state index in [2.05, 4.69) is 4.74 Å². The van der Waals surface area contributed by atoms with Crippen LogP contribution in [-0.4, -0.2) is 31.7 Å². The SMILES string of the molecule is COC(=O)CSC(CC(=O)c1ccc(OC)cc1)c1ccco1. The molecule has 122 valence electrons. The normalized spacial score (nSPS) is 11.7. The third kappa shape index (κ3) is 4.89. The molecule has 0 amide bonds. The average molecular weight is 334 g/mol. The molecular weight excluding hydrogens is 316 g/mol. The summed E-state index contributed by atoms with van der Waals surface area (Å²) in [6, 6.07) is 10.5. The first-order chi connectivity index (χ1) is 11.1. The molecule has 0 aliphatic rings. The molecule has 5 nitrogen and oxygen atoms in total. The molecular formula is C17H18O5S. The predicted molar refractivity (Wildman–Crippen MR) is 87.9 cm³/mol. The molecule has 0 fully saturated rings. The molecule has 0 saturated carbocycles. The highest BCUT2D eigenvalue weighted by molar-refractivity contribution is 8.00. The maximum absolute atomic E-state index is 12.5. The number of thioether (sulfide) groups is 1. The van der Waals surface area contributed by atoms with Crippen LogP contribution in [0.15, 0.2) is 47.1 Å². The van der Waals surface area contributed by atoms with Gasteiger partial charge in [0, 0.05) is 12.0 Å². The summed E-state index contributed by atoms with van der Waals surface area (Å²) in [7, 11) is 2.92. The van der Waals surface area contributed by atoms with Crippen molar-refractivity contribution < 1.29 is 23.5 Å². The molecule has 0 N–H and O–H groups in total. The molecule has 6 heteroatoms. The van der Waals surface area contributed by atoms with Crippen LogP contribution in [0.4, 0.5) is 0 Å². The summed E-state index contributed by atoms with van der Waals surface area (Å²) < 4.78 is 15.1. The lowest BCUT2D eigenvalue weighted by Gasteiger charge is -2.13. The number of ether oxygens (including phenoxy) is 2. The van der Waals surface area contributed by atoms with E-state index in [0.29, 0.717) is 17.1 Å². The fourth-order valence-electron chi connectivity index (χ4n) is 2.01. The third-order valence-corrected chi connectivity index (χ3v) is 4.48. The van der Waals surface area contributed by atoms with Crippen LogP contribution in [0.2, 0.25) is 0 Å². The third-order valence-electron chi connectivity index (χ3n) is 3.27. The number of methoxy groups -OCH3 is 2. The highest BCUT2D eigenvalue weighted by Gasteiger charge is 2.21. The van der Waals surface area contributed by atoms with Gasteiger partial charge in [0.2, 0.25) is 0 Å². The molecule has 2 rings (SSSR count). The van der Waals surface area contributed by atoms with Crippen molar-refractivity contribution in [3.05, 3.63) is 54.0 Å². The van der Waals surface area contributed by atoms with Crippen LogP contribution in [-0.2, 0) is 9.53 Å². The van der Waals surface area contributed by atoms with Gasteiger partial charge in [-0.05, 0) is 36.4 Å². The first-order valence-corrected chi connectivity index (χ1v) is 8.08. The Balaban J connectivity index is 2.06. The minimum atomic E-state index is -0.330. The molecule has 0 aliphatic heterocycles. The molecule has 2 aromatic rings. The number of carbonyl (C=O) groups is 2. The summed E-state index contributed by atoms with van der Waals surface area (Å²) in [6.45, 7) is 0. The highest BCUT2D eigenvalue weighted by Crippen LogP contribution is 2.33. The van der Waals surface area contributed by atoms with Crippen molar-refractivity contribution in [3.8, 4) is 5.75 Å². The second-order valence-electron chi connectivity index (χ2n) is 4.75. The van der Waals surface area contributed by atoms with Crippen molar-refractivity contribution in [2.24, 2.45) is 0 Å². The number of ketones is 1. The molecule has 0 spiro atoms. The number of rotatable bonds is 8. The topological polar surface area (TPSA) is 65.7 Å². The van der Waals surface area contributed by atoms with Crippen molar-refractivity contribution in [1.29, 1.82) is 0 Å². The smallest absolute Gasteiger partial charge is 0.315 e. The van der Waals surface area contributed by atoms with Crippen LogP contribution in [0.3, 0.4) is 0 Å². The predicted octanol–water partition coefficient (Wildman–Crippen LogP) is 3.51. The van der Waals surface area contributed by atoms with Crippen molar-refractivity contribution in [2.75, 3.05) is 20.0 Å². The molecule has 0 radical (unpaired) electrons. The van der Waals surface area contributed by atoms with Crippen molar-refractivity contribution >= 4 is 23.5 Å². The van der Waals surface area contributed by atoms with Gasteiger partial charge in [0.15, 0.2) is 5.78 Å². The van der Waals surface area contributed by atoms with Gasteiger partial charge in [-0.2, -0.15) is 0 Å². The zero-order chi connectivity index (χ0) is 16.7. The molecule has 0 aliphatic carbocycles. The van der Waals surface area contributed by atoms with Gasteiger partial charge in [-0.15, -0.1) is 11.8 Å². The van der Waals surface area contributed by atoms with Crippen LogP contribution >= 0.6 is 11.8 Å². The number of hydrogen-bond acceptors (Lipinski definition) is 6. The van der Waals surface area contributed by atoms with Gasteiger partial charge in [-0.1, -0.05) is 0 Å². The van der Waals surface area contributed by atoms with E-state index < -0.39 is 0 Å². The number of esters is 1. The molecule has 1 aromatic carbocycles. The summed E-state index contributed by atoms with van der Waals surface area (Å²) in [5.74, 6) is 1.18. The van der Waals surface area contributed by atoms with E-state index in [0.717, 1.165) is 0 Å². The van der Waals surface area contributed by atoms with Crippen LogP contribution < -0.4 is 4.74 Å². The number of furan rings is 1.